The Hall–Kier alpha value is -2.80. The van der Waals surface area contributed by atoms with Gasteiger partial charge in [-0.2, -0.15) is 0 Å². The molecule has 0 spiro atoms. The Kier molecular flexibility index (Phi) is 8.12. The van der Waals surface area contributed by atoms with Crippen molar-refractivity contribution in [1.29, 1.82) is 0 Å². The monoisotopic (exact) mass is 420 g/mol. The number of hydrogen-bond donors (Lipinski definition) is 2. The highest BCUT2D eigenvalue weighted by Gasteiger charge is 2.21. The Morgan fingerprint density at radius 3 is 2.61 bits per heavy atom. The molecule has 1 heterocycles. The standard InChI is InChI=1S/C24H29BN2O4/c1-3-4-13-31-22-8-5-17(16-9-11-26-12-10-16)14-20(22)23(28)27-21-15-18(25)6-7-19(21)24(29)30-2/h5-8,14-16,26H,3-4,9-13H2,1-2H3,(H,27,28). The summed E-state index contributed by atoms with van der Waals surface area (Å²) in [5, 5.41) is 6.20. The van der Waals surface area contributed by atoms with Gasteiger partial charge < -0.3 is 20.1 Å². The van der Waals surface area contributed by atoms with Crippen molar-refractivity contribution < 1.29 is 19.1 Å². The third kappa shape index (κ3) is 5.88. The molecule has 1 fully saturated rings. The molecule has 1 amide bonds. The van der Waals surface area contributed by atoms with Crippen LogP contribution in [0.15, 0.2) is 36.4 Å². The fourth-order valence-corrected chi connectivity index (χ4v) is 3.73. The number of hydrogen-bond acceptors (Lipinski definition) is 5. The van der Waals surface area contributed by atoms with Crippen molar-refractivity contribution in [2.75, 3.05) is 32.1 Å². The minimum atomic E-state index is -0.543. The van der Waals surface area contributed by atoms with Gasteiger partial charge in [0.15, 0.2) is 0 Å². The molecule has 0 saturated carbocycles. The van der Waals surface area contributed by atoms with Gasteiger partial charge in [-0.25, -0.2) is 4.79 Å². The van der Waals surface area contributed by atoms with Crippen LogP contribution in [-0.4, -0.2) is 46.5 Å². The summed E-state index contributed by atoms with van der Waals surface area (Å²) in [6, 6.07) is 10.5. The largest absolute Gasteiger partial charge is 0.493 e. The van der Waals surface area contributed by atoms with E-state index >= 15 is 0 Å². The van der Waals surface area contributed by atoms with Gasteiger partial charge in [0.1, 0.15) is 13.6 Å². The van der Waals surface area contributed by atoms with Gasteiger partial charge in [0, 0.05) is 0 Å². The van der Waals surface area contributed by atoms with E-state index in [9.17, 15) is 9.59 Å². The van der Waals surface area contributed by atoms with Crippen LogP contribution in [0.25, 0.3) is 0 Å². The van der Waals surface area contributed by atoms with Crippen molar-refractivity contribution >= 4 is 30.9 Å². The Bertz CT molecular complexity index is 926. The number of piperidine rings is 1. The van der Waals surface area contributed by atoms with Crippen molar-refractivity contribution in [2.45, 2.75) is 38.5 Å². The third-order valence-electron chi connectivity index (χ3n) is 5.51. The van der Waals surface area contributed by atoms with Crippen molar-refractivity contribution in [3.8, 4) is 5.75 Å². The Balaban J connectivity index is 1.92. The lowest BCUT2D eigenvalue weighted by Crippen LogP contribution is -2.27. The Morgan fingerprint density at radius 2 is 1.90 bits per heavy atom. The van der Waals surface area contributed by atoms with Gasteiger partial charge in [-0.3, -0.25) is 4.79 Å². The number of carbonyl (C=O) groups is 2. The molecular formula is C24H29BN2O4. The lowest BCUT2D eigenvalue weighted by atomic mass is 9.89. The van der Waals surface area contributed by atoms with Crippen LogP contribution in [0.4, 0.5) is 5.69 Å². The van der Waals surface area contributed by atoms with Crippen molar-refractivity contribution in [3.63, 3.8) is 0 Å². The second-order valence-corrected chi connectivity index (χ2v) is 7.73. The molecular weight excluding hydrogens is 391 g/mol. The number of methoxy groups -OCH3 is 1. The highest BCUT2D eigenvalue weighted by Crippen LogP contribution is 2.30. The molecule has 31 heavy (non-hydrogen) atoms. The highest BCUT2D eigenvalue weighted by molar-refractivity contribution is 6.33. The van der Waals surface area contributed by atoms with Crippen LogP contribution in [-0.2, 0) is 4.74 Å². The van der Waals surface area contributed by atoms with E-state index in [0.29, 0.717) is 35.0 Å². The van der Waals surface area contributed by atoms with Gasteiger partial charge in [-0.15, -0.1) is 0 Å². The van der Waals surface area contributed by atoms with Crippen LogP contribution < -0.4 is 20.8 Å². The molecule has 0 aromatic heterocycles. The maximum absolute atomic E-state index is 13.3. The maximum Gasteiger partial charge on any atom is 0.339 e. The summed E-state index contributed by atoms with van der Waals surface area (Å²) in [5.41, 5.74) is 2.56. The van der Waals surface area contributed by atoms with Crippen molar-refractivity contribution in [1.82, 2.24) is 5.32 Å². The summed E-state index contributed by atoms with van der Waals surface area (Å²) in [5.74, 6) is 0.0406. The number of amides is 1. The second-order valence-electron chi connectivity index (χ2n) is 7.73. The lowest BCUT2D eigenvalue weighted by molar-refractivity contribution is 0.0602. The van der Waals surface area contributed by atoms with Crippen LogP contribution in [0.2, 0.25) is 0 Å². The van der Waals surface area contributed by atoms with E-state index in [0.717, 1.165) is 44.3 Å². The van der Waals surface area contributed by atoms with Gasteiger partial charge in [-0.1, -0.05) is 30.9 Å². The molecule has 6 nitrogen and oxygen atoms in total. The van der Waals surface area contributed by atoms with Crippen LogP contribution >= 0.6 is 0 Å². The number of ether oxygens (including phenoxy) is 2. The first-order chi connectivity index (χ1) is 15.0. The average molecular weight is 420 g/mol. The number of rotatable bonds is 8. The van der Waals surface area contributed by atoms with Crippen LogP contribution in [0.3, 0.4) is 0 Å². The number of unbranched alkanes of at least 4 members (excludes halogenated alkanes) is 1. The minimum Gasteiger partial charge on any atom is -0.493 e. The number of carbonyl (C=O) groups excluding carboxylic acids is 2. The molecule has 2 radical (unpaired) electrons. The van der Waals surface area contributed by atoms with Gasteiger partial charge >= 0.3 is 5.97 Å². The highest BCUT2D eigenvalue weighted by atomic mass is 16.5. The number of benzene rings is 2. The van der Waals surface area contributed by atoms with Crippen LogP contribution in [0.1, 0.15) is 64.8 Å². The molecule has 0 unspecified atom stereocenters. The first-order valence-corrected chi connectivity index (χ1v) is 10.8. The molecule has 2 N–H and O–H groups in total. The second kappa shape index (κ2) is 11.0. The summed E-state index contributed by atoms with van der Waals surface area (Å²) in [7, 11) is 7.18. The van der Waals surface area contributed by atoms with E-state index < -0.39 is 5.97 Å². The molecule has 2 aromatic carbocycles. The van der Waals surface area contributed by atoms with E-state index in [1.165, 1.54) is 7.11 Å². The molecule has 2 aromatic rings. The molecule has 1 aliphatic heterocycles. The zero-order valence-electron chi connectivity index (χ0n) is 18.2. The minimum absolute atomic E-state index is 0.244. The lowest BCUT2D eigenvalue weighted by Gasteiger charge is -2.24. The normalized spacial score (nSPS) is 14.1. The Labute approximate surface area is 185 Å². The average Bonchev–Trinajstić information content (AvgIpc) is 2.79. The summed E-state index contributed by atoms with van der Waals surface area (Å²) in [6.07, 6.45) is 3.96. The van der Waals surface area contributed by atoms with Crippen molar-refractivity contribution in [2.24, 2.45) is 0 Å². The molecule has 3 rings (SSSR count). The molecule has 1 saturated heterocycles. The zero-order valence-corrected chi connectivity index (χ0v) is 18.2. The zero-order chi connectivity index (χ0) is 22.2. The van der Waals surface area contributed by atoms with E-state index in [1.54, 1.807) is 18.2 Å². The predicted molar refractivity (Wildman–Crippen MR) is 123 cm³/mol. The number of nitrogens with one attached hydrogen (secondary N) is 2. The molecule has 0 aliphatic carbocycles. The summed E-state index contributed by atoms with van der Waals surface area (Å²) < 4.78 is 10.7. The molecule has 0 atom stereocenters. The number of esters is 1. The van der Waals surface area contributed by atoms with E-state index in [2.05, 4.69) is 23.6 Å². The van der Waals surface area contributed by atoms with Crippen molar-refractivity contribution in [3.05, 3.63) is 53.1 Å². The fraction of sp³-hybridized carbons (Fsp3) is 0.417. The fourth-order valence-electron chi connectivity index (χ4n) is 3.73. The summed E-state index contributed by atoms with van der Waals surface area (Å²) in [4.78, 5) is 25.4. The summed E-state index contributed by atoms with van der Waals surface area (Å²) >= 11 is 0. The number of anilines is 1. The van der Waals surface area contributed by atoms with Gasteiger partial charge in [0.25, 0.3) is 5.91 Å². The quantitative estimate of drug-likeness (QED) is 0.390. The third-order valence-corrected chi connectivity index (χ3v) is 5.51. The Morgan fingerprint density at radius 1 is 1.13 bits per heavy atom. The van der Waals surface area contributed by atoms with Crippen LogP contribution in [0, 0.1) is 0 Å². The maximum atomic E-state index is 13.3. The first-order valence-electron chi connectivity index (χ1n) is 10.8. The topological polar surface area (TPSA) is 76.7 Å². The van der Waals surface area contributed by atoms with Gasteiger partial charge in [0.05, 0.1) is 30.5 Å². The van der Waals surface area contributed by atoms with E-state index in [4.69, 9.17) is 17.3 Å². The molecule has 162 valence electrons. The van der Waals surface area contributed by atoms with E-state index in [1.807, 2.05) is 12.1 Å². The van der Waals surface area contributed by atoms with Gasteiger partial charge in [-0.05, 0) is 68.1 Å². The van der Waals surface area contributed by atoms with E-state index in [-0.39, 0.29) is 11.5 Å². The van der Waals surface area contributed by atoms with Gasteiger partial charge in [0.2, 0.25) is 0 Å². The smallest absolute Gasteiger partial charge is 0.339 e. The predicted octanol–water partition coefficient (Wildman–Crippen LogP) is 3.17. The molecule has 0 bridgehead atoms. The summed E-state index contributed by atoms with van der Waals surface area (Å²) in [6.45, 7) is 4.56. The first kappa shape index (κ1) is 22.9. The molecule has 7 heteroatoms. The SMILES string of the molecule is [B]c1ccc(C(=O)OC)c(NC(=O)c2cc(C3CCNCC3)ccc2OCCCC)c1. The van der Waals surface area contributed by atoms with Crippen LogP contribution in [0.5, 0.6) is 5.75 Å². The molecule has 1 aliphatic rings.